The van der Waals surface area contributed by atoms with Crippen LogP contribution in [0.2, 0.25) is 0 Å². The summed E-state index contributed by atoms with van der Waals surface area (Å²) in [6.07, 6.45) is 2.93. The smallest absolute Gasteiger partial charge is 0.259 e. The zero-order valence-corrected chi connectivity index (χ0v) is 20.7. The molecule has 2 aliphatic rings. The van der Waals surface area contributed by atoms with Crippen molar-refractivity contribution >= 4 is 22.9 Å². The molecule has 1 saturated carbocycles. The van der Waals surface area contributed by atoms with E-state index in [1.54, 1.807) is 12.1 Å². The summed E-state index contributed by atoms with van der Waals surface area (Å²) in [6.45, 7) is 10.1. The summed E-state index contributed by atoms with van der Waals surface area (Å²) >= 11 is 0. The number of primary amides is 1. The molecule has 1 saturated heterocycles. The predicted octanol–water partition coefficient (Wildman–Crippen LogP) is 3.75. The predicted molar refractivity (Wildman–Crippen MR) is 133 cm³/mol. The first-order chi connectivity index (χ1) is 16.7. The summed E-state index contributed by atoms with van der Waals surface area (Å²) in [5.41, 5.74) is 9.89. The maximum Gasteiger partial charge on any atom is 0.259 e. The van der Waals surface area contributed by atoms with Crippen molar-refractivity contribution < 1.29 is 14.1 Å². The number of pyridine rings is 1. The first-order valence-corrected chi connectivity index (χ1v) is 12.4. The van der Waals surface area contributed by atoms with Crippen molar-refractivity contribution in [2.24, 2.45) is 11.1 Å². The second-order valence-corrected chi connectivity index (χ2v) is 11.0. The van der Waals surface area contributed by atoms with Crippen molar-refractivity contribution in [2.75, 3.05) is 26.2 Å². The van der Waals surface area contributed by atoms with Crippen molar-refractivity contribution in [3.63, 3.8) is 0 Å². The Morgan fingerprint density at radius 1 is 1.09 bits per heavy atom. The number of amides is 2. The lowest BCUT2D eigenvalue weighted by Gasteiger charge is -2.35. The van der Waals surface area contributed by atoms with Gasteiger partial charge in [-0.15, -0.1) is 0 Å². The minimum absolute atomic E-state index is 0.0144. The Balaban J connectivity index is 1.33. The van der Waals surface area contributed by atoms with Crippen LogP contribution in [0.3, 0.4) is 0 Å². The molecule has 3 heterocycles. The lowest BCUT2D eigenvalue weighted by molar-refractivity contribution is 0.0630. The molecule has 0 spiro atoms. The van der Waals surface area contributed by atoms with E-state index in [0.29, 0.717) is 42.3 Å². The van der Waals surface area contributed by atoms with Gasteiger partial charge in [-0.1, -0.05) is 38.1 Å². The Morgan fingerprint density at radius 3 is 2.37 bits per heavy atom. The van der Waals surface area contributed by atoms with Crippen molar-refractivity contribution in [3.05, 3.63) is 58.4 Å². The molecule has 2 amide bonds. The normalized spacial score (nSPS) is 17.2. The van der Waals surface area contributed by atoms with E-state index in [9.17, 15) is 9.59 Å². The van der Waals surface area contributed by atoms with Crippen LogP contribution < -0.4 is 5.73 Å². The zero-order chi connectivity index (χ0) is 24.7. The molecule has 1 aromatic carbocycles. The summed E-state index contributed by atoms with van der Waals surface area (Å²) in [6, 6.07) is 9.38. The molecule has 0 atom stereocenters. The average molecular weight is 476 g/mol. The number of carbonyl (C=O) groups excluding carboxylic acids is 2. The van der Waals surface area contributed by atoms with Crippen molar-refractivity contribution in [2.45, 2.75) is 52.5 Å². The van der Waals surface area contributed by atoms with E-state index in [1.807, 2.05) is 23.1 Å². The molecular formula is C27H33N5O3. The maximum atomic E-state index is 13.8. The van der Waals surface area contributed by atoms with Crippen LogP contribution in [-0.4, -0.2) is 57.9 Å². The Hall–Kier alpha value is -3.26. The topological polar surface area (TPSA) is 106 Å². The van der Waals surface area contributed by atoms with Crippen LogP contribution in [0.15, 0.2) is 34.9 Å². The van der Waals surface area contributed by atoms with Gasteiger partial charge in [0.05, 0.1) is 16.6 Å². The minimum Gasteiger partial charge on any atom is -0.366 e. The van der Waals surface area contributed by atoms with E-state index < -0.39 is 5.91 Å². The molecule has 184 valence electrons. The fourth-order valence-corrected chi connectivity index (χ4v) is 4.72. The van der Waals surface area contributed by atoms with Crippen LogP contribution in [-0.2, 0) is 13.0 Å². The monoisotopic (exact) mass is 475 g/mol. The molecule has 0 bridgehead atoms. The first kappa shape index (κ1) is 23.5. The highest BCUT2D eigenvalue weighted by atomic mass is 16.5. The van der Waals surface area contributed by atoms with E-state index in [-0.39, 0.29) is 11.3 Å². The number of rotatable bonds is 6. The van der Waals surface area contributed by atoms with E-state index in [2.05, 4.69) is 30.8 Å². The lowest BCUT2D eigenvalue weighted by Crippen LogP contribution is -2.48. The van der Waals surface area contributed by atoms with Crippen LogP contribution >= 0.6 is 0 Å². The largest absolute Gasteiger partial charge is 0.366 e. The van der Waals surface area contributed by atoms with Crippen LogP contribution in [0.4, 0.5) is 0 Å². The van der Waals surface area contributed by atoms with Crippen molar-refractivity contribution in [1.29, 1.82) is 0 Å². The Bertz CT molecular complexity index is 1250. The third-order valence-corrected chi connectivity index (χ3v) is 6.76. The van der Waals surface area contributed by atoms with Crippen LogP contribution in [0.1, 0.15) is 77.2 Å². The SMILES string of the molecule is CC(C)(C)Cc1noc2nc(C3CC3)cc(C(=O)N3CCN(Cc4ccc(C(N)=O)cc4)CC3)c12. The van der Waals surface area contributed by atoms with E-state index in [1.165, 1.54) is 0 Å². The lowest BCUT2D eigenvalue weighted by atomic mass is 9.89. The number of nitrogens with two attached hydrogens (primary N) is 1. The molecule has 2 fully saturated rings. The molecule has 1 aliphatic carbocycles. The average Bonchev–Trinajstić information content (AvgIpc) is 3.60. The number of piperazine rings is 1. The van der Waals surface area contributed by atoms with Gasteiger partial charge in [-0.25, -0.2) is 4.98 Å². The number of hydrogen-bond donors (Lipinski definition) is 1. The Kier molecular flexibility index (Phi) is 6.09. The molecule has 35 heavy (non-hydrogen) atoms. The molecule has 1 aliphatic heterocycles. The number of carbonyl (C=O) groups is 2. The van der Waals surface area contributed by atoms with Crippen LogP contribution in [0.5, 0.6) is 0 Å². The van der Waals surface area contributed by atoms with Gasteiger partial charge < -0.3 is 15.2 Å². The van der Waals surface area contributed by atoms with Gasteiger partial charge in [-0.05, 0) is 48.4 Å². The van der Waals surface area contributed by atoms with Crippen molar-refractivity contribution in [1.82, 2.24) is 19.9 Å². The fraction of sp³-hybridized carbons (Fsp3) is 0.481. The highest BCUT2D eigenvalue weighted by Crippen LogP contribution is 2.41. The third kappa shape index (κ3) is 5.22. The molecule has 5 rings (SSSR count). The van der Waals surface area contributed by atoms with Gasteiger partial charge in [0.15, 0.2) is 0 Å². The van der Waals surface area contributed by atoms with Crippen LogP contribution in [0.25, 0.3) is 11.1 Å². The van der Waals surface area contributed by atoms with Gasteiger partial charge in [0, 0.05) is 49.9 Å². The summed E-state index contributed by atoms with van der Waals surface area (Å²) in [5, 5.41) is 5.09. The Morgan fingerprint density at radius 2 is 1.77 bits per heavy atom. The van der Waals surface area contributed by atoms with E-state index in [4.69, 9.17) is 15.2 Å². The van der Waals surface area contributed by atoms with E-state index >= 15 is 0 Å². The fourth-order valence-electron chi connectivity index (χ4n) is 4.72. The Labute approximate surface area is 205 Å². The van der Waals surface area contributed by atoms with E-state index in [0.717, 1.165) is 54.8 Å². The number of nitrogens with zero attached hydrogens (tertiary/aromatic N) is 4. The van der Waals surface area contributed by atoms with Gasteiger partial charge in [0.2, 0.25) is 5.91 Å². The number of aromatic nitrogens is 2. The minimum atomic E-state index is -0.419. The molecule has 0 unspecified atom stereocenters. The van der Waals surface area contributed by atoms with Crippen LogP contribution in [0, 0.1) is 5.41 Å². The summed E-state index contributed by atoms with van der Waals surface area (Å²) in [5.74, 6) is 0.0280. The quantitative estimate of drug-likeness (QED) is 0.582. The maximum absolute atomic E-state index is 13.8. The summed E-state index contributed by atoms with van der Waals surface area (Å²) < 4.78 is 5.63. The van der Waals surface area contributed by atoms with Gasteiger partial charge in [-0.2, -0.15) is 0 Å². The third-order valence-electron chi connectivity index (χ3n) is 6.76. The number of hydrogen-bond acceptors (Lipinski definition) is 6. The summed E-state index contributed by atoms with van der Waals surface area (Å²) in [7, 11) is 0. The second kappa shape index (κ2) is 9.07. The van der Waals surface area contributed by atoms with Gasteiger partial charge in [0.1, 0.15) is 0 Å². The van der Waals surface area contributed by atoms with Gasteiger partial charge in [-0.3, -0.25) is 14.5 Å². The number of fused-ring (bicyclic) bond motifs is 1. The van der Waals surface area contributed by atoms with Gasteiger partial charge >= 0.3 is 0 Å². The van der Waals surface area contributed by atoms with Gasteiger partial charge in [0.25, 0.3) is 11.6 Å². The highest BCUT2D eigenvalue weighted by Gasteiger charge is 2.32. The number of benzene rings is 1. The molecule has 3 aromatic rings. The molecule has 8 nitrogen and oxygen atoms in total. The molecule has 8 heteroatoms. The molecule has 0 radical (unpaired) electrons. The molecular weight excluding hydrogens is 442 g/mol. The molecule has 2 N–H and O–H groups in total. The molecule has 2 aromatic heterocycles. The van der Waals surface area contributed by atoms with Crippen molar-refractivity contribution in [3.8, 4) is 0 Å². The first-order valence-electron chi connectivity index (χ1n) is 12.4. The second-order valence-electron chi connectivity index (χ2n) is 11.0. The summed E-state index contributed by atoms with van der Waals surface area (Å²) in [4.78, 5) is 34.0. The standard InChI is InChI=1S/C27H33N5O3/c1-27(2,3)15-22-23-20(14-21(18-8-9-18)29-25(23)35-30-22)26(34)32-12-10-31(11-13-32)16-17-4-6-19(7-5-17)24(28)33/h4-7,14,18H,8-13,15-16H2,1-3H3,(H2,28,33). The zero-order valence-electron chi connectivity index (χ0n) is 20.7. The highest BCUT2D eigenvalue weighted by molar-refractivity contribution is 6.06.